The maximum atomic E-state index is 14.6. The predicted octanol–water partition coefficient (Wildman–Crippen LogP) is 4.68. The summed E-state index contributed by atoms with van der Waals surface area (Å²) in [6.07, 6.45) is 1.77. The van der Waals surface area contributed by atoms with Crippen molar-refractivity contribution in [3.05, 3.63) is 59.9 Å². The molecule has 3 aromatic carbocycles. The van der Waals surface area contributed by atoms with Crippen molar-refractivity contribution in [3.8, 4) is 45.6 Å². The molecule has 0 radical (unpaired) electrons. The van der Waals surface area contributed by atoms with Gasteiger partial charge in [0, 0.05) is 36.4 Å². The van der Waals surface area contributed by atoms with Crippen molar-refractivity contribution in [2.75, 3.05) is 32.2 Å². The van der Waals surface area contributed by atoms with Gasteiger partial charge in [0.05, 0.1) is 19.8 Å². The van der Waals surface area contributed by atoms with Crippen LogP contribution in [-0.2, 0) is 0 Å². The van der Waals surface area contributed by atoms with Crippen LogP contribution in [0.15, 0.2) is 48.5 Å². The lowest BCUT2D eigenvalue weighted by Gasteiger charge is -2.33. The number of phenols is 1. The Morgan fingerprint density at radius 1 is 1.00 bits per heavy atom. The van der Waals surface area contributed by atoms with E-state index in [1.807, 2.05) is 24.3 Å². The number of nitriles is 1. The van der Waals surface area contributed by atoms with E-state index in [0.717, 1.165) is 37.2 Å². The van der Waals surface area contributed by atoms with E-state index < -0.39 is 5.82 Å². The lowest BCUT2D eigenvalue weighted by molar-refractivity contribution is 0.373. The molecule has 0 saturated carbocycles. The summed E-state index contributed by atoms with van der Waals surface area (Å²) in [5, 5.41) is 19.5. The normalized spacial score (nSPS) is 14.1. The van der Waals surface area contributed by atoms with Crippen LogP contribution in [0, 0.1) is 17.1 Å². The molecule has 1 saturated heterocycles. The van der Waals surface area contributed by atoms with Gasteiger partial charge in [-0.3, -0.25) is 0 Å². The van der Waals surface area contributed by atoms with Gasteiger partial charge in [-0.2, -0.15) is 5.26 Å². The summed E-state index contributed by atoms with van der Waals surface area (Å²) in [4.78, 5) is 2.24. The van der Waals surface area contributed by atoms with Gasteiger partial charge in [-0.05, 0) is 59.9 Å². The van der Waals surface area contributed by atoms with Crippen molar-refractivity contribution in [2.24, 2.45) is 5.73 Å². The number of aromatic hydroxyl groups is 1. The highest BCUT2D eigenvalue weighted by Gasteiger charge is 2.22. The minimum absolute atomic E-state index is 0.0110. The first kappa shape index (κ1) is 22.4. The zero-order valence-corrected chi connectivity index (χ0v) is 18.6. The molecule has 1 fully saturated rings. The molecule has 1 aliphatic heterocycles. The van der Waals surface area contributed by atoms with E-state index in [9.17, 15) is 9.50 Å². The van der Waals surface area contributed by atoms with Gasteiger partial charge in [0.2, 0.25) is 0 Å². The monoisotopic (exact) mass is 447 g/mol. The first-order valence-corrected chi connectivity index (χ1v) is 10.7. The predicted molar refractivity (Wildman–Crippen MR) is 126 cm³/mol. The minimum Gasteiger partial charge on any atom is -0.504 e. The average molecular weight is 448 g/mol. The van der Waals surface area contributed by atoms with Crippen molar-refractivity contribution in [1.82, 2.24) is 0 Å². The largest absolute Gasteiger partial charge is 0.504 e. The molecular weight excluding hydrogens is 421 g/mol. The van der Waals surface area contributed by atoms with Crippen LogP contribution in [0.2, 0.25) is 0 Å². The molecule has 4 rings (SSSR count). The Bertz CT molecular complexity index is 1210. The Labute approximate surface area is 192 Å². The van der Waals surface area contributed by atoms with Gasteiger partial charge in [0.15, 0.2) is 11.5 Å². The van der Waals surface area contributed by atoms with E-state index in [0.29, 0.717) is 28.2 Å². The van der Waals surface area contributed by atoms with Crippen molar-refractivity contribution in [1.29, 1.82) is 5.26 Å². The third kappa shape index (κ3) is 4.43. The molecule has 6 nitrogen and oxygen atoms in total. The first-order chi connectivity index (χ1) is 15.9. The third-order valence-corrected chi connectivity index (χ3v) is 6.08. The third-order valence-electron chi connectivity index (χ3n) is 6.08. The van der Waals surface area contributed by atoms with Crippen molar-refractivity contribution in [2.45, 2.75) is 18.9 Å². The average Bonchev–Trinajstić information content (AvgIpc) is 2.83. The topological polar surface area (TPSA) is 91.7 Å². The molecule has 1 aliphatic rings. The van der Waals surface area contributed by atoms with E-state index in [1.165, 1.54) is 19.2 Å². The fourth-order valence-electron chi connectivity index (χ4n) is 4.25. The Morgan fingerprint density at radius 2 is 1.70 bits per heavy atom. The molecule has 0 aromatic heterocycles. The summed E-state index contributed by atoms with van der Waals surface area (Å²) in [6.45, 7) is 1.63. The molecule has 7 heteroatoms. The maximum absolute atomic E-state index is 14.6. The first-order valence-electron chi connectivity index (χ1n) is 10.7. The second kappa shape index (κ2) is 9.39. The van der Waals surface area contributed by atoms with E-state index in [4.69, 9.17) is 20.5 Å². The molecule has 1 heterocycles. The lowest BCUT2D eigenvalue weighted by Crippen LogP contribution is -2.39. The molecule has 0 aliphatic carbocycles. The molecular formula is C26H26FN3O3. The number of anilines is 1. The number of methoxy groups -OCH3 is 2. The van der Waals surface area contributed by atoms with Crippen LogP contribution in [0.4, 0.5) is 10.1 Å². The Morgan fingerprint density at radius 3 is 2.30 bits per heavy atom. The highest BCUT2D eigenvalue weighted by molar-refractivity contribution is 5.91. The maximum Gasteiger partial charge on any atom is 0.160 e. The summed E-state index contributed by atoms with van der Waals surface area (Å²) >= 11 is 0. The second-order valence-electron chi connectivity index (χ2n) is 8.09. The number of hydrogen-bond donors (Lipinski definition) is 2. The van der Waals surface area contributed by atoms with Crippen LogP contribution in [0.25, 0.3) is 22.3 Å². The zero-order valence-electron chi connectivity index (χ0n) is 18.6. The molecule has 0 unspecified atom stereocenters. The smallest absolute Gasteiger partial charge is 0.160 e. The van der Waals surface area contributed by atoms with E-state index in [-0.39, 0.29) is 17.4 Å². The van der Waals surface area contributed by atoms with Gasteiger partial charge in [0.25, 0.3) is 0 Å². The second-order valence-corrected chi connectivity index (χ2v) is 8.09. The van der Waals surface area contributed by atoms with E-state index in [2.05, 4.69) is 4.90 Å². The van der Waals surface area contributed by atoms with Crippen LogP contribution < -0.4 is 20.1 Å². The number of nitrogens with two attached hydrogens (primary N) is 1. The van der Waals surface area contributed by atoms with Crippen LogP contribution in [-0.4, -0.2) is 38.5 Å². The molecule has 33 heavy (non-hydrogen) atoms. The molecule has 0 spiro atoms. The van der Waals surface area contributed by atoms with Crippen LogP contribution in [0.3, 0.4) is 0 Å². The number of halogens is 1. The summed E-state index contributed by atoms with van der Waals surface area (Å²) in [7, 11) is 3.07. The van der Waals surface area contributed by atoms with Gasteiger partial charge in [-0.25, -0.2) is 4.39 Å². The number of benzene rings is 3. The summed E-state index contributed by atoms with van der Waals surface area (Å²) in [6, 6.07) is 15.6. The fraction of sp³-hybridized carbons (Fsp3) is 0.269. The Balaban J connectivity index is 1.93. The van der Waals surface area contributed by atoms with E-state index >= 15 is 0 Å². The highest BCUT2D eigenvalue weighted by Crippen LogP contribution is 2.45. The number of hydrogen-bond acceptors (Lipinski definition) is 6. The van der Waals surface area contributed by atoms with Crippen LogP contribution >= 0.6 is 0 Å². The SMILES string of the molecule is COc1ccc(-c2c(OC)cc(N3CCC(N)CC3)cc2-c2ccc(C#N)c(F)c2)cc1O. The van der Waals surface area contributed by atoms with Crippen LogP contribution in [0.5, 0.6) is 17.2 Å². The number of nitrogens with zero attached hydrogens (tertiary/aromatic N) is 2. The lowest BCUT2D eigenvalue weighted by atomic mass is 9.91. The van der Waals surface area contributed by atoms with Gasteiger partial charge in [0.1, 0.15) is 17.6 Å². The Hall–Kier alpha value is -3.76. The highest BCUT2D eigenvalue weighted by atomic mass is 19.1. The summed E-state index contributed by atoms with van der Waals surface area (Å²) in [5.74, 6) is 0.339. The summed E-state index contributed by atoms with van der Waals surface area (Å²) < 4.78 is 25.5. The molecule has 3 aromatic rings. The standard InChI is InChI=1S/C26H26FN3O3/c1-32-24-6-5-17(12-23(24)31)26-21(16-3-4-18(15-28)22(27)11-16)13-20(14-25(26)33-2)30-9-7-19(29)8-10-30/h3-6,11-14,19,31H,7-10,29H2,1-2H3. The minimum atomic E-state index is -0.591. The number of piperidine rings is 1. The van der Waals surface area contributed by atoms with E-state index in [1.54, 1.807) is 25.3 Å². The quantitative estimate of drug-likeness (QED) is 0.590. The van der Waals surface area contributed by atoms with Crippen molar-refractivity contribution >= 4 is 5.69 Å². The van der Waals surface area contributed by atoms with Gasteiger partial charge >= 0.3 is 0 Å². The zero-order chi connectivity index (χ0) is 23.5. The van der Waals surface area contributed by atoms with Gasteiger partial charge in [-0.1, -0.05) is 12.1 Å². The van der Waals surface area contributed by atoms with Gasteiger partial charge in [-0.15, -0.1) is 0 Å². The molecule has 3 N–H and O–H groups in total. The number of rotatable bonds is 5. The molecule has 0 atom stereocenters. The molecule has 170 valence electrons. The molecule has 0 bridgehead atoms. The molecule has 0 amide bonds. The number of phenolic OH excluding ortho intramolecular Hbond substituents is 1. The summed E-state index contributed by atoms with van der Waals surface area (Å²) in [5.41, 5.74) is 9.74. The fourth-order valence-corrected chi connectivity index (χ4v) is 4.25. The van der Waals surface area contributed by atoms with Crippen LogP contribution in [0.1, 0.15) is 18.4 Å². The Kier molecular flexibility index (Phi) is 6.38. The van der Waals surface area contributed by atoms with Crippen molar-refractivity contribution in [3.63, 3.8) is 0 Å². The van der Waals surface area contributed by atoms with Crippen molar-refractivity contribution < 1.29 is 19.0 Å². The van der Waals surface area contributed by atoms with Gasteiger partial charge < -0.3 is 25.2 Å². The number of ether oxygens (including phenoxy) is 2.